The zero-order chi connectivity index (χ0) is 14.8. The van der Waals surface area contributed by atoms with Crippen LogP contribution in [0.3, 0.4) is 0 Å². The van der Waals surface area contributed by atoms with Gasteiger partial charge in [-0.3, -0.25) is 4.79 Å². The minimum absolute atomic E-state index is 0.0903. The molecule has 0 amide bonds. The summed E-state index contributed by atoms with van der Waals surface area (Å²) in [4.78, 5) is 13.1. The van der Waals surface area contributed by atoms with Gasteiger partial charge in [0.2, 0.25) is 15.6 Å². The molecule has 0 aliphatic heterocycles. The molecule has 0 saturated carbocycles. The van der Waals surface area contributed by atoms with Gasteiger partial charge >= 0.3 is 0 Å². The van der Waals surface area contributed by atoms with Crippen LogP contribution >= 0.6 is 15.9 Å². The number of aromatic nitrogens is 1. The second-order valence-corrected chi connectivity index (χ2v) is 6.63. The molecule has 2 N–H and O–H groups in total. The first-order valence-corrected chi connectivity index (χ1v) is 7.78. The number of hydrogen-bond donors (Lipinski definition) is 2. The number of aromatic amines is 1. The third kappa shape index (κ3) is 3.53. The lowest BCUT2D eigenvalue weighted by Gasteiger charge is -2.07. The van der Waals surface area contributed by atoms with Crippen molar-refractivity contribution < 1.29 is 12.8 Å². The monoisotopic (exact) mass is 360 g/mol. The summed E-state index contributed by atoms with van der Waals surface area (Å²) >= 11 is 3.19. The number of benzene rings is 1. The van der Waals surface area contributed by atoms with Gasteiger partial charge in [0.25, 0.3) is 0 Å². The van der Waals surface area contributed by atoms with E-state index < -0.39 is 21.4 Å². The Morgan fingerprint density at radius 1 is 1.25 bits per heavy atom. The molecule has 0 unspecified atom stereocenters. The van der Waals surface area contributed by atoms with Crippen LogP contribution < -0.4 is 10.3 Å². The highest BCUT2D eigenvalue weighted by molar-refractivity contribution is 9.10. The van der Waals surface area contributed by atoms with Crippen molar-refractivity contribution in [3.05, 3.63) is 62.7 Å². The Hall–Kier alpha value is -1.51. The summed E-state index contributed by atoms with van der Waals surface area (Å²) in [5.41, 5.74) is -0.186. The van der Waals surface area contributed by atoms with Crippen LogP contribution in [0.1, 0.15) is 5.56 Å². The van der Waals surface area contributed by atoms with Gasteiger partial charge in [0.15, 0.2) is 0 Å². The van der Waals surface area contributed by atoms with Gasteiger partial charge in [-0.15, -0.1) is 0 Å². The standard InChI is InChI=1S/C12H10BrFN2O3S/c13-9-1-3-11(14)8(5-9)6-16-20(18,19)10-2-4-12(17)15-7-10/h1-5,7,16H,6H2,(H,15,17). The summed E-state index contributed by atoms with van der Waals surface area (Å²) in [5.74, 6) is -0.502. The van der Waals surface area contributed by atoms with Crippen LogP contribution in [-0.2, 0) is 16.6 Å². The Balaban J connectivity index is 2.19. The summed E-state index contributed by atoms with van der Waals surface area (Å²) < 4.78 is 40.3. The number of halogens is 2. The van der Waals surface area contributed by atoms with Crippen LogP contribution in [-0.4, -0.2) is 13.4 Å². The summed E-state index contributed by atoms with van der Waals surface area (Å²) in [6, 6.07) is 6.54. The lowest BCUT2D eigenvalue weighted by molar-refractivity contribution is 0.574. The van der Waals surface area contributed by atoms with Crippen LogP contribution in [0.2, 0.25) is 0 Å². The third-order valence-electron chi connectivity index (χ3n) is 2.53. The fourth-order valence-electron chi connectivity index (χ4n) is 1.50. The van der Waals surface area contributed by atoms with Crippen molar-refractivity contribution in [2.75, 3.05) is 0 Å². The topological polar surface area (TPSA) is 79.0 Å². The van der Waals surface area contributed by atoms with Crippen LogP contribution in [0, 0.1) is 5.82 Å². The number of H-pyrrole nitrogens is 1. The zero-order valence-corrected chi connectivity index (χ0v) is 12.5. The van der Waals surface area contributed by atoms with Gasteiger partial charge in [0, 0.05) is 28.8 Å². The Bertz CT molecular complexity index is 769. The molecular weight excluding hydrogens is 351 g/mol. The molecule has 0 fully saturated rings. The highest BCUT2D eigenvalue weighted by Crippen LogP contribution is 2.16. The SMILES string of the molecule is O=c1ccc(S(=O)(=O)NCc2cc(Br)ccc2F)c[nH]1. The van der Waals surface area contributed by atoms with Crippen molar-refractivity contribution in [3.8, 4) is 0 Å². The van der Waals surface area contributed by atoms with E-state index >= 15 is 0 Å². The van der Waals surface area contributed by atoms with Crippen LogP contribution in [0.15, 0.2) is 50.7 Å². The second kappa shape index (κ2) is 5.86. The third-order valence-corrected chi connectivity index (χ3v) is 4.42. The van der Waals surface area contributed by atoms with E-state index in [0.717, 1.165) is 12.3 Å². The molecule has 0 saturated heterocycles. The Morgan fingerprint density at radius 2 is 2.00 bits per heavy atom. The lowest BCUT2D eigenvalue weighted by Crippen LogP contribution is -2.24. The van der Waals surface area contributed by atoms with Gasteiger partial charge in [-0.05, 0) is 24.3 Å². The summed E-state index contributed by atoms with van der Waals surface area (Å²) in [6.45, 7) is -0.188. The molecule has 0 bridgehead atoms. The number of sulfonamides is 1. The minimum atomic E-state index is -3.81. The van der Waals surface area contributed by atoms with E-state index in [4.69, 9.17) is 0 Å². The lowest BCUT2D eigenvalue weighted by atomic mass is 10.2. The highest BCUT2D eigenvalue weighted by Gasteiger charge is 2.14. The van der Waals surface area contributed by atoms with Crippen molar-refractivity contribution in [3.63, 3.8) is 0 Å². The summed E-state index contributed by atoms with van der Waals surface area (Å²) in [5, 5.41) is 0. The highest BCUT2D eigenvalue weighted by atomic mass is 79.9. The summed E-state index contributed by atoms with van der Waals surface area (Å²) in [7, 11) is -3.81. The molecule has 0 aliphatic carbocycles. The predicted octanol–water partition coefficient (Wildman–Crippen LogP) is 1.75. The molecule has 5 nitrogen and oxygen atoms in total. The molecule has 0 aliphatic rings. The molecule has 0 radical (unpaired) electrons. The van der Waals surface area contributed by atoms with Gasteiger partial charge in [0.05, 0.1) is 4.90 Å². The van der Waals surface area contributed by atoms with Gasteiger partial charge in [-0.2, -0.15) is 0 Å². The van der Waals surface area contributed by atoms with Crippen LogP contribution in [0.5, 0.6) is 0 Å². The fraction of sp³-hybridized carbons (Fsp3) is 0.0833. The molecule has 2 rings (SSSR count). The fourth-order valence-corrected chi connectivity index (χ4v) is 2.88. The van der Waals surface area contributed by atoms with E-state index in [9.17, 15) is 17.6 Å². The molecule has 106 valence electrons. The van der Waals surface area contributed by atoms with Gasteiger partial charge < -0.3 is 4.98 Å². The van der Waals surface area contributed by atoms with E-state index in [1.165, 1.54) is 24.3 Å². The van der Waals surface area contributed by atoms with Gasteiger partial charge in [0.1, 0.15) is 5.82 Å². The number of nitrogens with one attached hydrogen (secondary N) is 2. The molecule has 20 heavy (non-hydrogen) atoms. The van der Waals surface area contributed by atoms with Crippen molar-refractivity contribution in [2.24, 2.45) is 0 Å². The molecule has 1 heterocycles. The van der Waals surface area contributed by atoms with Crippen LogP contribution in [0.4, 0.5) is 4.39 Å². The van der Waals surface area contributed by atoms with E-state index in [2.05, 4.69) is 25.6 Å². The van der Waals surface area contributed by atoms with Crippen molar-refractivity contribution in [1.82, 2.24) is 9.71 Å². The van der Waals surface area contributed by atoms with E-state index in [1.54, 1.807) is 0 Å². The van der Waals surface area contributed by atoms with E-state index in [1.807, 2.05) is 0 Å². The Morgan fingerprint density at radius 3 is 2.65 bits per heavy atom. The maximum absolute atomic E-state index is 13.5. The van der Waals surface area contributed by atoms with Crippen molar-refractivity contribution >= 4 is 26.0 Å². The average Bonchev–Trinajstić information content (AvgIpc) is 2.40. The maximum Gasteiger partial charge on any atom is 0.247 e. The number of hydrogen-bond acceptors (Lipinski definition) is 3. The molecule has 0 spiro atoms. The van der Waals surface area contributed by atoms with Gasteiger partial charge in [-0.1, -0.05) is 15.9 Å². The molecular formula is C12H10BrFN2O3S. The van der Waals surface area contributed by atoms with Gasteiger partial charge in [-0.25, -0.2) is 17.5 Å². The first kappa shape index (κ1) is 14.9. The predicted molar refractivity (Wildman–Crippen MR) is 75.2 cm³/mol. The van der Waals surface area contributed by atoms with Crippen molar-refractivity contribution in [1.29, 1.82) is 0 Å². The summed E-state index contributed by atoms with van der Waals surface area (Å²) in [6.07, 6.45) is 1.09. The Kier molecular flexibility index (Phi) is 4.36. The van der Waals surface area contributed by atoms with Crippen LogP contribution in [0.25, 0.3) is 0 Å². The average molecular weight is 361 g/mol. The number of rotatable bonds is 4. The zero-order valence-electron chi connectivity index (χ0n) is 10.1. The first-order chi connectivity index (χ1) is 9.38. The van der Waals surface area contributed by atoms with E-state index in [0.29, 0.717) is 4.47 Å². The second-order valence-electron chi connectivity index (χ2n) is 3.95. The smallest absolute Gasteiger partial charge is 0.247 e. The molecule has 2 aromatic rings. The molecule has 1 aromatic carbocycles. The first-order valence-electron chi connectivity index (χ1n) is 5.51. The largest absolute Gasteiger partial charge is 0.328 e. The Labute approximate surface area is 123 Å². The molecule has 0 atom stereocenters. The van der Waals surface area contributed by atoms with E-state index in [-0.39, 0.29) is 17.0 Å². The normalized spacial score (nSPS) is 11.5. The maximum atomic E-state index is 13.5. The van der Waals surface area contributed by atoms with Crippen molar-refractivity contribution in [2.45, 2.75) is 11.4 Å². The quantitative estimate of drug-likeness (QED) is 0.871. The molecule has 8 heteroatoms. The molecule has 1 aromatic heterocycles. The minimum Gasteiger partial charge on any atom is -0.328 e. The number of pyridine rings is 1.